The van der Waals surface area contributed by atoms with E-state index in [0.717, 1.165) is 31.2 Å². The Morgan fingerprint density at radius 2 is 1.75 bits per heavy atom. The second-order valence-corrected chi connectivity index (χ2v) is 6.89. The lowest BCUT2D eigenvalue weighted by Gasteiger charge is -2.33. The van der Waals surface area contributed by atoms with Crippen LogP contribution in [0, 0.1) is 6.92 Å². The first kappa shape index (κ1) is 18.5. The number of hydrogen-bond donors (Lipinski definition) is 0. The van der Waals surface area contributed by atoms with Gasteiger partial charge in [-0.15, -0.1) is 0 Å². The normalized spacial score (nSPS) is 16.0. The summed E-state index contributed by atoms with van der Waals surface area (Å²) in [5.74, 6) is 0.111. The monoisotopic (exact) mass is 330 g/mol. The molecule has 0 aliphatic heterocycles. The Labute approximate surface area is 145 Å². The van der Waals surface area contributed by atoms with Gasteiger partial charge in [-0.1, -0.05) is 42.7 Å². The zero-order chi connectivity index (χ0) is 17.7. The fourth-order valence-electron chi connectivity index (χ4n) is 3.86. The highest BCUT2D eigenvalue weighted by atomic mass is 16.2. The van der Waals surface area contributed by atoms with Crippen LogP contribution in [0.3, 0.4) is 0 Å². The van der Waals surface area contributed by atoms with Crippen LogP contribution in [0.25, 0.3) is 0 Å². The van der Waals surface area contributed by atoms with Crippen molar-refractivity contribution in [3.63, 3.8) is 0 Å². The summed E-state index contributed by atoms with van der Waals surface area (Å²) in [4.78, 5) is 29.0. The van der Waals surface area contributed by atoms with Gasteiger partial charge in [0.25, 0.3) is 0 Å². The zero-order valence-corrected chi connectivity index (χ0v) is 15.5. The third-order valence-electron chi connectivity index (χ3n) is 5.27. The highest BCUT2D eigenvalue weighted by Crippen LogP contribution is 2.42. The number of aryl methyl sites for hydroxylation is 1. The smallest absolute Gasteiger partial charge is 0.242 e. The van der Waals surface area contributed by atoms with Crippen LogP contribution in [-0.2, 0) is 15.0 Å². The maximum Gasteiger partial charge on any atom is 0.242 e. The molecule has 1 aliphatic rings. The van der Waals surface area contributed by atoms with Crippen molar-refractivity contribution >= 4 is 11.8 Å². The summed E-state index contributed by atoms with van der Waals surface area (Å²) in [7, 11) is 1.76. The van der Waals surface area contributed by atoms with Crippen LogP contribution in [-0.4, -0.2) is 48.3 Å². The molecule has 0 spiro atoms. The Kier molecular flexibility index (Phi) is 6.03. The van der Waals surface area contributed by atoms with Gasteiger partial charge in [-0.3, -0.25) is 9.59 Å². The van der Waals surface area contributed by atoms with E-state index < -0.39 is 5.41 Å². The van der Waals surface area contributed by atoms with E-state index in [-0.39, 0.29) is 18.4 Å². The molecule has 0 N–H and O–H groups in total. The van der Waals surface area contributed by atoms with Crippen LogP contribution >= 0.6 is 0 Å². The van der Waals surface area contributed by atoms with E-state index in [2.05, 4.69) is 25.1 Å². The second-order valence-electron chi connectivity index (χ2n) is 6.89. The second kappa shape index (κ2) is 7.82. The molecule has 4 heteroatoms. The predicted molar refractivity (Wildman–Crippen MR) is 96.9 cm³/mol. The topological polar surface area (TPSA) is 40.6 Å². The quantitative estimate of drug-likeness (QED) is 0.804. The number of nitrogens with zero attached hydrogens (tertiary/aromatic N) is 2. The van der Waals surface area contributed by atoms with E-state index in [0.29, 0.717) is 13.1 Å². The molecular weight excluding hydrogens is 300 g/mol. The SMILES string of the molecule is CCN(CC)C(=O)CN(C)C(=O)C1(c2cccc(C)c2)CCCC1. The van der Waals surface area contributed by atoms with Gasteiger partial charge in [0.2, 0.25) is 11.8 Å². The molecule has 1 saturated carbocycles. The Balaban J connectivity index is 2.22. The summed E-state index contributed by atoms with van der Waals surface area (Å²) in [6, 6.07) is 8.28. The number of carbonyl (C=O) groups excluding carboxylic acids is 2. The van der Waals surface area contributed by atoms with E-state index in [9.17, 15) is 9.59 Å². The molecule has 1 aromatic rings. The third-order valence-corrected chi connectivity index (χ3v) is 5.27. The van der Waals surface area contributed by atoms with E-state index in [1.807, 2.05) is 19.9 Å². The van der Waals surface area contributed by atoms with Crippen molar-refractivity contribution in [1.29, 1.82) is 0 Å². The maximum atomic E-state index is 13.3. The minimum Gasteiger partial charge on any atom is -0.342 e. The highest BCUT2D eigenvalue weighted by molar-refractivity contribution is 5.91. The number of rotatable bonds is 6. The molecule has 0 saturated heterocycles. The number of hydrogen-bond acceptors (Lipinski definition) is 2. The fourth-order valence-corrected chi connectivity index (χ4v) is 3.86. The van der Waals surface area contributed by atoms with E-state index in [1.54, 1.807) is 16.8 Å². The molecule has 132 valence electrons. The minimum absolute atomic E-state index is 0.0215. The lowest BCUT2D eigenvalue weighted by Crippen LogP contribution is -2.48. The van der Waals surface area contributed by atoms with Crippen LogP contribution in [0.15, 0.2) is 24.3 Å². The molecule has 4 nitrogen and oxygen atoms in total. The molecule has 1 aromatic carbocycles. The molecule has 2 rings (SSSR count). The molecule has 0 unspecified atom stereocenters. The van der Waals surface area contributed by atoms with Crippen molar-refractivity contribution < 1.29 is 9.59 Å². The first-order valence-electron chi connectivity index (χ1n) is 9.05. The van der Waals surface area contributed by atoms with E-state index >= 15 is 0 Å². The van der Waals surface area contributed by atoms with E-state index in [1.165, 1.54) is 5.56 Å². The van der Waals surface area contributed by atoms with Crippen LogP contribution in [0.4, 0.5) is 0 Å². The van der Waals surface area contributed by atoms with Gasteiger partial charge < -0.3 is 9.80 Å². The Morgan fingerprint density at radius 3 is 2.29 bits per heavy atom. The van der Waals surface area contributed by atoms with Crippen LogP contribution in [0.2, 0.25) is 0 Å². The van der Waals surface area contributed by atoms with Gasteiger partial charge in [0, 0.05) is 20.1 Å². The van der Waals surface area contributed by atoms with Gasteiger partial charge in [-0.05, 0) is 39.2 Å². The summed E-state index contributed by atoms with van der Waals surface area (Å²) in [6.45, 7) is 7.52. The number of amides is 2. The molecule has 0 atom stereocenters. The standard InChI is InChI=1S/C20H30N2O2/c1-5-22(6-2)18(23)15-21(4)19(24)20(12-7-8-13-20)17-11-9-10-16(3)14-17/h9-11,14H,5-8,12-13,15H2,1-4H3. The van der Waals surface area contributed by atoms with Gasteiger partial charge in [-0.25, -0.2) is 0 Å². The van der Waals surface area contributed by atoms with Gasteiger partial charge in [-0.2, -0.15) is 0 Å². The lowest BCUT2D eigenvalue weighted by molar-refractivity contribution is -0.142. The molecular formula is C20H30N2O2. The average Bonchev–Trinajstić information content (AvgIpc) is 3.06. The molecule has 0 aromatic heterocycles. The van der Waals surface area contributed by atoms with Crippen molar-refractivity contribution in [3.8, 4) is 0 Å². The third kappa shape index (κ3) is 3.63. The van der Waals surface area contributed by atoms with Crippen molar-refractivity contribution in [3.05, 3.63) is 35.4 Å². The molecule has 24 heavy (non-hydrogen) atoms. The summed E-state index contributed by atoms with van der Waals surface area (Å²) in [6.07, 6.45) is 3.88. The maximum absolute atomic E-state index is 13.3. The molecule has 0 bridgehead atoms. The van der Waals surface area contributed by atoms with Gasteiger partial charge in [0.1, 0.15) is 0 Å². The Bertz CT molecular complexity index is 587. The molecule has 2 amide bonds. The first-order chi connectivity index (χ1) is 11.4. The summed E-state index contributed by atoms with van der Waals surface area (Å²) < 4.78 is 0. The van der Waals surface area contributed by atoms with Crippen LogP contribution in [0.5, 0.6) is 0 Å². The number of carbonyl (C=O) groups is 2. The fraction of sp³-hybridized carbons (Fsp3) is 0.600. The Morgan fingerprint density at radius 1 is 1.12 bits per heavy atom. The molecule has 0 heterocycles. The molecule has 0 radical (unpaired) electrons. The van der Waals surface area contributed by atoms with Crippen molar-refractivity contribution in [1.82, 2.24) is 9.80 Å². The highest BCUT2D eigenvalue weighted by Gasteiger charge is 2.44. The molecule has 1 fully saturated rings. The van der Waals surface area contributed by atoms with E-state index in [4.69, 9.17) is 0 Å². The number of likely N-dealkylation sites (N-methyl/N-ethyl adjacent to an activating group) is 2. The largest absolute Gasteiger partial charge is 0.342 e. The zero-order valence-electron chi connectivity index (χ0n) is 15.5. The van der Waals surface area contributed by atoms with Crippen molar-refractivity contribution in [2.24, 2.45) is 0 Å². The van der Waals surface area contributed by atoms with Crippen LogP contribution in [0.1, 0.15) is 50.7 Å². The van der Waals surface area contributed by atoms with Crippen molar-refractivity contribution in [2.45, 2.75) is 51.9 Å². The summed E-state index contributed by atoms with van der Waals surface area (Å²) >= 11 is 0. The summed E-state index contributed by atoms with van der Waals surface area (Å²) in [5.41, 5.74) is 1.82. The summed E-state index contributed by atoms with van der Waals surface area (Å²) in [5, 5.41) is 0. The predicted octanol–water partition coefficient (Wildman–Crippen LogP) is 3.13. The average molecular weight is 330 g/mol. The lowest BCUT2D eigenvalue weighted by atomic mass is 9.77. The number of benzene rings is 1. The van der Waals surface area contributed by atoms with Gasteiger partial charge in [0.15, 0.2) is 0 Å². The van der Waals surface area contributed by atoms with Crippen molar-refractivity contribution in [2.75, 3.05) is 26.7 Å². The van der Waals surface area contributed by atoms with Gasteiger partial charge >= 0.3 is 0 Å². The first-order valence-corrected chi connectivity index (χ1v) is 9.05. The Hall–Kier alpha value is -1.84. The van der Waals surface area contributed by atoms with Gasteiger partial charge in [0.05, 0.1) is 12.0 Å². The molecule has 1 aliphatic carbocycles. The minimum atomic E-state index is -0.454. The van der Waals surface area contributed by atoms with Crippen LogP contribution < -0.4 is 0 Å².